The third-order valence-corrected chi connectivity index (χ3v) is 6.75. The standard InChI is InChI=1S/C28H30N4O3S/c1-18-9-11-23(12-10-18)32-26(30-31-28(32)36-17-21-8-6-7-19(2)13-21)20(3)29-27(33)22-14-24(34-4)16-25(15-22)35-5/h6-16,20H,17H2,1-5H3,(H,29,33). The van der Waals surface area contributed by atoms with Crippen molar-refractivity contribution in [2.45, 2.75) is 37.7 Å². The summed E-state index contributed by atoms with van der Waals surface area (Å²) >= 11 is 1.61. The molecule has 1 N–H and O–H groups in total. The molecule has 186 valence electrons. The van der Waals surface area contributed by atoms with Gasteiger partial charge >= 0.3 is 0 Å². The maximum Gasteiger partial charge on any atom is 0.252 e. The summed E-state index contributed by atoms with van der Waals surface area (Å²) in [4.78, 5) is 13.1. The van der Waals surface area contributed by atoms with E-state index in [-0.39, 0.29) is 5.91 Å². The molecule has 0 aliphatic carbocycles. The minimum Gasteiger partial charge on any atom is -0.497 e. The number of benzene rings is 3. The number of hydrogen-bond acceptors (Lipinski definition) is 6. The van der Waals surface area contributed by atoms with Crippen LogP contribution in [0.4, 0.5) is 0 Å². The number of amides is 1. The Labute approximate surface area is 215 Å². The Bertz CT molecular complexity index is 1330. The number of ether oxygens (including phenoxy) is 2. The van der Waals surface area contributed by atoms with E-state index in [1.807, 2.05) is 23.6 Å². The third kappa shape index (κ3) is 5.88. The predicted molar refractivity (Wildman–Crippen MR) is 142 cm³/mol. The van der Waals surface area contributed by atoms with Gasteiger partial charge in [-0.3, -0.25) is 9.36 Å². The molecule has 0 aliphatic rings. The Morgan fingerprint density at radius 2 is 1.64 bits per heavy atom. The van der Waals surface area contributed by atoms with Crippen molar-refractivity contribution in [2.75, 3.05) is 14.2 Å². The lowest BCUT2D eigenvalue weighted by molar-refractivity contribution is 0.0937. The number of nitrogens with one attached hydrogen (secondary N) is 1. The van der Waals surface area contributed by atoms with Gasteiger partial charge in [-0.1, -0.05) is 59.3 Å². The Hall–Kier alpha value is -3.78. The van der Waals surface area contributed by atoms with Crippen molar-refractivity contribution in [3.05, 3.63) is 94.8 Å². The highest BCUT2D eigenvalue weighted by molar-refractivity contribution is 7.98. The summed E-state index contributed by atoms with van der Waals surface area (Å²) < 4.78 is 12.6. The van der Waals surface area contributed by atoms with Gasteiger partial charge in [-0.05, 0) is 50.6 Å². The monoisotopic (exact) mass is 502 g/mol. The molecular formula is C28H30N4O3S. The van der Waals surface area contributed by atoms with E-state index in [2.05, 4.69) is 65.8 Å². The van der Waals surface area contributed by atoms with Crippen LogP contribution >= 0.6 is 11.8 Å². The highest BCUT2D eigenvalue weighted by atomic mass is 32.2. The van der Waals surface area contributed by atoms with Crippen LogP contribution in [0.1, 0.15) is 45.8 Å². The lowest BCUT2D eigenvalue weighted by atomic mass is 10.1. The molecule has 1 amide bonds. The number of carbonyl (C=O) groups is 1. The first-order chi connectivity index (χ1) is 17.4. The molecule has 4 rings (SSSR count). The van der Waals surface area contributed by atoms with Crippen LogP contribution in [0.3, 0.4) is 0 Å². The van der Waals surface area contributed by atoms with Crippen LogP contribution in [0.25, 0.3) is 5.69 Å². The highest BCUT2D eigenvalue weighted by Crippen LogP contribution is 2.29. The summed E-state index contributed by atoms with van der Waals surface area (Å²) in [5.41, 5.74) is 4.98. The Kier molecular flexibility index (Phi) is 7.95. The Morgan fingerprint density at radius 1 is 0.944 bits per heavy atom. The summed E-state index contributed by atoms with van der Waals surface area (Å²) in [6.45, 7) is 6.04. The summed E-state index contributed by atoms with van der Waals surface area (Å²) in [6, 6.07) is 21.3. The van der Waals surface area contributed by atoms with Gasteiger partial charge in [0.1, 0.15) is 11.5 Å². The van der Waals surface area contributed by atoms with Gasteiger partial charge in [0.2, 0.25) is 0 Å². The van der Waals surface area contributed by atoms with Gasteiger partial charge in [-0.2, -0.15) is 0 Å². The van der Waals surface area contributed by atoms with Gasteiger partial charge in [-0.25, -0.2) is 0 Å². The minimum absolute atomic E-state index is 0.257. The molecule has 4 aromatic rings. The van der Waals surface area contributed by atoms with Gasteiger partial charge in [0, 0.05) is 23.1 Å². The second-order valence-corrected chi connectivity index (χ2v) is 9.53. The van der Waals surface area contributed by atoms with Gasteiger partial charge in [0.05, 0.1) is 20.3 Å². The van der Waals surface area contributed by atoms with Crippen LogP contribution in [-0.2, 0) is 5.75 Å². The first-order valence-corrected chi connectivity index (χ1v) is 12.6. The van der Waals surface area contributed by atoms with Crippen molar-refractivity contribution < 1.29 is 14.3 Å². The van der Waals surface area contributed by atoms with E-state index in [4.69, 9.17) is 9.47 Å². The number of rotatable bonds is 9. The molecule has 0 saturated heterocycles. The maximum atomic E-state index is 13.1. The average Bonchev–Trinajstić information content (AvgIpc) is 3.31. The molecule has 0 fully saturated rings. The van der Waals surface area contributed by atoms with E-state index < -0.39 is 6.04 Å². The maximum absolute atomic E-state index is 13.1. The number of aromatic nitrogens is 3. The zero-order chi connectivity index (χ0) is 25.7. The second-order valence-electron chi connectivity index (χ2n) is 8.59. The number of methoxy groups -OCH3 is 2. The molecule has 0 spiro atoms. The van der Waals surface area contributed by atoms with Crippen molar-refractivity contribution in [1.29, 1.82) is 0 Å². The van der Waals surface area contributed by atoms with Crippen molar-refractivity contribution in [2.24, 2.45) is 0 Å². The van der Waals surface area contributed by atoms with E-state index in [0.717, 1.165) is 22.2 Å². The largest absolute Gasteiger partial charge is 0.497 e. The molecule has 1 aromatic heterocycles. The lowest BCUT2D eigenvalue weighted by Gasteiger charge is -2.17. The Balaban J connectivity index is 1.62. The van der Waals surface area contributed by atoms with Gasteiger partial charge in [0.25, 0.3) is 5.91 Å². The topological polar surface area (TPSA) is 78.3 Å². The fourth-order valence-electron chi connectivity index (χ4n) is 3.82. The highest BCUT2D eigenvalue weighted by Gasteiger charge is 2.22. The first-order valence-electron chi connectivity index (χ1n) is 11.6. The molecule has 7 nitrogen and oxygen atoms in total. The van der Waals surface area contributed by atoms with Crippen molar-refractivity contribution in [3.8, 4) is 17.2 Å². The molecule has 1 atom stereocenters. The fraction of sp³-hybridized carbons (Fsp3) is 0.250. The molecule has 3 aromatic carbocycles. The van der Waals surface area contributed by atoms with Crippen LogP contribution < -0.4 is 14.8 Å². The van der Waals surface area contributed by atoms with E-state index in [0.29, 0.717) is 22.9 Å². The molecule has 0 saturated carbocycles. The SMILES string of the molecule is COc1cc(OC)cc(C(=O)NC(C)c2nnc(SCc3cccc(C)c3)n2-c2ccc(C)cc2)c1. The molecule has 0 aliphatic heterocycles. The predicted octanol–water partition coefficient (Wildman–Crippen LogP) is 5.68. The van der Waals surface area contributed by atoms with Crippen LogP contribution in [0.2, 0.25) is 0 Å². The normalized spacial score (nSPS) is 11.7. The molecule has 8 heteroatoms. The summed E-state index contributed by atoms with van der Waals surface area (Å²) in [5, 5.41) is 12.8. The molecular weight excluding hydrogens is 472 g/mol. The molecule has 1 unspecified atom stereocenters. The van der Waals surface area contributed by atoms with Crippen LogP contribution in [0, 0.1) is 13.8 Å². The average molecular weight is 503 g/mol. The smallest absolute Gasteiger partial charge is 0.252 e. The summed E-state index contributed by atoms with van der Waals surface area (Å²) in [5.74, 6) is 2.24. The van der Waals surface area contributed by atoms with Crippen molar-refractivity contribution in [3.63, 3.8) is 0 Å². The number of thioether (sulfide) groups is 1. The van der Waals surface area contributed by atoms with Gasteiger partial charge in [0.15, 0.2) is 11.0 Å². The first kappa shape index (κ1) is 25.3. The summed E-state index contributed by atoms with van der Waals surface area (Å²) in [7, 11) is 3.11. The fourth-order valence-corrected chi connectivity index (χ4v) is 4.73. The van der Waals surface area contributed by atoms with Crippen molar-refractivity contribution >= 4 is 17.7 Å². The lowest BCUT2D eigenvalue weighted by Crippen LogP contribution is -2.28. The number of hydrogen-bond donors (Lipinski definition) is 1. The quantitative estimate of drug-likeness (QED) is 0.297. The van der Waals surface area contributed by atoms with E-state index in [1.54, 1.807) is 44.2 Å². The second kappa shape index (κ2) is 11.3. The van der Waals surface area contributed by atoms with Gasteiger partial charge < -0.3 is 14.8 Å². The van der Waals surface area contributed by atoms with Gasteiger partial charge in [-0.15, -0.1) is 10.2 Å². The molecule has 36 heavy (non-hydrogen) atoms. The molecule has 0 bridgehead atoms. The van der Waals surface area contributed by atoms with Crippen LogP contribution in [0.5, 0.6) is 11.5 Å². The number of nitrogens with zero attached hydrogens (tertiary/aromatic N) is 3. The Morgan fingerprint density at radius 3 is 2.28 bits per heavy atom. The molecule has 0 radical (unpaired) electrons. The van der Waals surface area contributed by atoms with Crippen LogP contribution in [0.15, 0.2) is 71.9 Å². The summed E-state index contributed by atoms with van der Waals surface area (Å²) in [6.07, 6.45) is 0. The zero-order valence-electron chi connectivity index (χ0n) is 21.1. The number of aryl methyl sites for hydroxylation is 2. The molecule has 1 heterocycles. The third-order valence-electron chi connectivity index (χ3n) is 5.75. The zero-order valence-corrected chi connectivity index (χ0v) is 21.9. The van der Waals surface area contributed by atoms with Crippen molar-refractivity contribution in [1.82, 2.24) is 20.1 Å². The van der Waals surface area contributed by atoms with Crippen LogP contribution in [-0.4, -0.2) is 34.9 Å². The number of carbonyl (C=O) groups excluding carboxylic acids is 1. The van der Waals surface area contributed by atoms with E-state index >= 15 is 0 Å². The van der Waals surface area contributed by atoms with E-state index in [1.165, 1.54) is 11.1 Å². The minimum atomic E-state index is -0.406. The van der Waals surface area contributed by atoms with E-state index in [9.17, 15) is 4.79 Å².